The second kappa shape index (κ2) is 11.6. The third-order valence-corrected chi connectivity index (χ3v) is 7.73. The molecule has 7 nitrogen and oxygen atoms in total. The largest absolute Gasteiger partial charge is 0.497 e. The van der Waals surface area contributed by atoms with Crippen molar-refractivity contribution < 1.29 is 14.2 Å². The first kappa shape index (κ1) is 25.8. The van der Waals surface area contributed by atoms with Crippen molar-refractivity contribution in [1.29, 1.82) is 5.26 Å². The van der Waals surface area contributed by atoms with Gasteiger partial charge in [0, 0.05) is 57.6 Å². The van der Waals surface area contributed by atoms with Gasteiger partial charge in [-0.1, -0.05) is 12.1 Å². The molecule has 2 aliphatic heterocycles. The fourth-order valence-corrected chi connectivity index (χ4v) is 5.66. The van der Waals surface area contributed by atoms with Gasteiger partial charge in [0.05, 0.1) is 31.5 Å². The summed E-state index contributed by atoms with van der Waals surface area (Å²) < 4.78 is 16.7. The van der Waals surface area contributed by atoms with Gasteiger partial charge in [-0.25, -0.2) is 4.98 Å². The summed E-state index contributed by atoms with van der Waals surface area (Å²) in [7, 11) is 3.43. The van der Waals surface area contributed by atoms with Crippen molar-refractivity contribution in [2.45, 2.75) is 43.9 Å². The summed E-state index contributed by atoms with van der Waals surface area (Å²) >= 11 is 1.68. The Hall–Kier alpha value is -2.31. The Morgan fingerprint density at radius 3 is 2.51 bits per heavy atom. The van der Waals surface area contributed by atoms with E-state index in [1.54, 1.807) is 26.0 Å². The first-order valence-electron chi connectivity index (χ1n) is 12.3. The van der Waals surface area contributed by atoms with Gasteiger partial charge in [0.2, 0.25) is 0 Å². The molecule has 3 heterocycles. The second-order valence-corrected chi connectivity index (χ2v) is 10.8. The van der Waals surface area contributed by atoms with Crippen LogP contribution in [0.15, 0.2) is 29.3 Å². The van der Waals surface area contributed by atoms with E-state index < -0.39 is 0 Å². The highest BCUT2D eigenvalue weighted by atomic mass is 32.2. The molecule has 0 atom stereocenters. The van der Waals surface area contributed by atoms with Crippen molar-refractivity contribution in [3.63, 3.8) is 0 Å². The number of rotatable bonds is 9. The molecule has 0 aliphatic carbocycles. The van der Waals surface area contributed by atoms with Gasteiger partial charge in [-0.2, -0.15) is 5.26 Å². The molecule has 4 rings (SSSR count). The number of benzene rings is 1. The van der Waals surface area contributed by atoms with Gasteiger partial charge >= 0.3 is 0 Å². The molecular formula is C27H36N4O3S. The fraction of sp³-hybridized carbons (Fsp3) is 0.556. The molecule has 1 saturated heterocycles. The van der Waals surface area contributed by atoms with E-state index in [0.717, 1.165) is 91.2 Å². The summed E-state index contributed by atoms with van der Waals surface area (Å²) in [5, 5.41) is 11.0. The lowest BCUT2D eigenvalue weighted by atomic mass is 9.89. The minimum Gasteiger partial charge on any atom is -0.497 e. The minimum absolute atomic E-state index is 0.291. The van der Waals surface area contributed by atoms with Crippen molar-refractivity contribution in [3.8, 4) is 11.8 Å². The lowest BCUT2D eigenvalue weighted by Gasteiger charge is -2.39. The molecule has 0 spiro atoms. The monoisotopic (exact) mass is 496 g/mol. The second-order valence-electron chi connectivity index (χ2n) is 9.68. The minimum atomic E-state index is -0.291. The highest BCUT2D eigenvalue weighted by molar-refractivity contribution is 7.99. The Labute approximate surface area is 213 Å². The first-order chi connectivity index (χ1) is 16.9. The van der Waals surface area contributed by atoms with E-state index in [1.807, 2.05) is 12.1 Å². The molecule has 1 fully saturated rings. The number of hydrogen-bond donors (Lipinski definition) is 0. The number of hydrogen-bond acceptors (Lipinski definition) is 8. The molecule has 2 aliphatic rings. The Bertz CT molecular complexity index is 1040. The van der Waals surface area contributed by atoms with Gasteiger partial charge in [0.1, 0.15) is 22.7 Å². The summed E-state index contributed by atoms with van der Waals surface area (Å²) in [4.78, 5) is 9.90. The predicted molar refractivity (Wildman–Crippen MR) is 139 cm³/mol. The Balaban J connectivity index is 1.56. The topological polar surface area (TPSA) is 70.8 Å². The first-order valence-corrected chi connectivity index (χ1v) is 13.2. The lowest BCUT2D eigenvalue weighted by Crippen LogP contribution is -2.48. The summed E-state index contributed by atoms with van der Waals surface area (Å²) in [5.74, 6) is 2.71. The number of thioether (sulfide) groups is 1. The van der Waals surface area contributed by atoms with Crippen LogP contribution in [-0.2, 0) is 28.9 Å². The van der Waals surface area contributed by atoms with Crippen LogP contribution in [0.1, 0.15) is 36.1 Å². The molecule has 0 amide bonds. The summed E-state index contributed by atoms with van der Waals surface area (Å²) in [6.07, 6.45) is 1.63. The molecule has 35 heavy (non-hydrogen) atoms. The number of methoxy groups -OCH3 is 2. The van der Waals surface area contributed by atoms with Crippen LogP contribution in [-0.4, -0.2) is 74.8 Å². The Morgan fingerprint density at radius 1 is 1.11 bits per heavy atom. The smallest absolute Gasteiger partial charge is 0.135 e. The quantitative estimate of drug-likeness (QED) is 0.484. The van der Waals surface area contributed by atoms with Crippen LogP contribution in [0.3, 0.4) is 0 Å². The van der Waals surface area contributed by atoms with Crippen LogP contribution in [0, 0.1) is 11.3 Å². The lowest BCUT2D eigenvalue weighted by molar-refractivity contribution is -0.0402. The van der Waals surface area contributed by atoms with E-state index in [0.29, 0.717) is 6.61 Å². The number of piperazine rings is 1. The predicted octanol–water partition coefficient (Wildman–Crippen LogP) is 3.92. The number of pyridine rings is 1. The SMILES string of the molecule is COCCN1CCN(c2nc(SCCc3ccc(OC)cc3)c(C#N)c3c2COC(C)(C)C3)CC1. The van der Waals surface area contributed by atoms with Crippen molar-refractivity contribution in [3.05, 3.63) is 46.5 Å². The number of nitrogens with zero attached hydrogens (tertiary/aromatic N) is 4. The molecule has 0 saturated carbocycles. The van der Waals surface area contributed by atoms with Crippen LogP contribution in [0.4, 0.5) is 5.82 Å². The number of aromatic nitrogens is 1. The molecule has 8 heteroatoms. The summed E-state index contributed by atoms with van der Waals surface area (Å²) in [6.45, 7) is 10.2. The molecule has 1 aromatic heterocycles. The van der Waals surface area contributed by atoms with Gasteiger partial charge in [-0.05, 0) is 43.5 Å². The highest BCUT2D eigenvalue weighted by Crippen LogP contribution is 2.39. The number of aryl methyl sites for hydroxylation is 1. The standard InChI is InChI=1S/C27H36N4O3S/c1-27(2)17-22-23(18-28)26(35-16-9-20-5-7-21(33-4)8-6-20)29-25(24(22)19-34-27)31-12-10-30(11-13-31)14-15-32-3/h5-8H,9-17,19H2,1-4H3. The Morgan fingerprint density at radius 2 is 1.86 bits per heavy atom. The molecular weight excluding hydrogens is 460 g/mol. The normalized spacial score (nSPS) is 17.6. The van der Waals surface area contributed by atoms with Gasteiger partial charge in [0.15, 0.2) is 0 Å². The fourth-order valence-electron chi connectivity index (χ4n) is 4.67. The molecule has 0 bridgehead atoms. The van der Waals surface area contributed by atoms with E-state index in [2.05, 4.69) is 41.8 Å². The zero-order valence-electron chi connectivity index (χ0n) is 21.3. The van der Waals surface area contributed by atoms with Gasteiger partial charge in [0.25, 0.3) is 0 Å². The van der Waals surface area contributed by atoms with E-state index in [1.165, 1.54) is 5.56 Å². The van der Waals surface area contributed by atoms with E-state index in [9.17, 15) is 5.26 Å². The molecule has 0 unspecified atom stereocenters. The van der Waals surface area contributed by atoms with E-state index in [-0.39, 0.29) is 5.60 Å². The van der Waals surface area contributed by atoms with Crippen molar-refractivity contribution in [1.82, 2.24) is 9.88 Å². The third kappa shape index (κ3) is 6.28. The molecule has 0 N–H and O–H groups in total. The average molecular weight is 497 g/mol. The molecule has 188 valence electrons. The van der Waals surface area contributed by atoms with Crippen LogP contribution in [0.2, 0.25) is 0 Å². The van der Waals surface area contributed by atoms with Gasteiger partial charge in [-0.3, -0.25) is 4.90 Å². The van der Waals surface area contributed by atoms with Crippen LogP contribution in [0.25, 0.3) is 0 Å². The maximum Gasteiger partial charge on any atom is 0.135 e. The number of anilines is 1. The number of nitriles is 1. The van der Waals surface area contributed by atoms with Gasteiger partial charge < -0.3 is 19.1 Å². The average Bonchev–Trinajstić information content (AvgIpc) is 2.87. The van der Waals surface area contributed by atoms with Crippen LogP contribution >= 0.6 is 11.8 Å². The number of ether oxygens (including phenoxy) is 3. The van der Waals surface area contributed by atoms with Gasteiger partial charge in [-0.15, -0.1) is 11.8 Å². The molecule has 0 radical (unpaired) electrons. The van der Waals surface area contributed by atoms with E-state index >= 15 is 0 Å². The van der Waals surface area contributed by atoms with Crippen LogP contribution in [0.5, 0.6) is 5.75 Å². The third-order valence-electron chi connectivity index (χ3n) is 6.75. The van der Waals surface area contributed by atoms with E-state index in [4.69, 9.17) is 19.2 Å². The van der Waals surface area contributed by atoms with Crippen molar-refractivity contribution >= 4 is 17.6 Å². The highest BCUT2D eigenvalue weighted by Gasteiger charge is 2.33. The van der Waals surface area contributed by atoms with Crippen molar-refractivity contribution in [2.24, 2.45) is 0 Å². The van der Waals surface area contributed by atoms with Crippen LogP contribution < -0.4 is 9.64 Å². The zero-order valence-corrected chi connectivity index (χ0v) is 22.1. The summed E-state index contributed by atoms with van der Waals surface area (Å²) in [6, 6.07) is 10.7. The maximum absolute atomic E-state index is 10.1. The molecule has 2 aromatic rings. The summed E-state index contributed by atoms with van der Waals surface area (Å²) in [5.41, 5.74) is 3.88. The zero-order chi connectivity index (χ0) is 24.8. The van der Waals surface area contributed by atoms with Crippen molar-refractivity contribution in [2.75, 3.05) is 64.2 Å². The molecule has 1 aromatic carbocycles. The maximum atomic E-state index is 10.1. The number of fused-ring (bicyclic) bond motifs is 1. The Kier molecular flexibility index (Phi) is 8.55.